The largest absolute Gasteiger partial charge is 0.483 e. The Bertz CT molecular complexity index is 789. The third kappa shape index (κ3) is 7.07. The van der Waals surface area contributed by atoms with Crippen molar-refractivity contribution in [3.63, 3.8) is 0 Å². The van der Waals surface area contributed by atoms with Gasteiger partial charge in [0.05, 0.1) is 0 Å². The van der Waals surface area contributed by atoms with Crippen molar-refractivity contribution in [3.05, 3.63) is 65.2 Å². The number of thiocarbonyl (C=S) groups is 1. The summed E-state index contributed by atoms with van der Waals surface area (Å²) in [6, 6.07) is 15.5. The minimum Gasteiger partial charge on any atom is -0.483 e. The molecule has 0 unspecified atom stereocenters. The predicted molar refractivity (Wildman–Crippen MR) is 108 cm³/mol. The second-order valence-electron chi connectivity index (χ2n) is 6.05. The highest BCUT2D eigenvalue weighted by molar-refractivity contribution is 7.80. The van der Waals surface area contributed by atoms with Crippen molar-refractivity contribution >= 4 is 29.1 Å². The van der Waals surface area contributed by atoms with Crippen molar-refractivity contribution < 1.29 is 14.3 Å². The molecule has 0 spiro atoms. The molecule has 0 aliphatic rings. The summed E-state index contributed by atoms with van der Waals surface area (Å²) in [6.07, 6.45) is 0.917. The van der Waals surface area contributed by atoms with E-state index in [-0.39, 0.29) is 17.6 Å². The number of hydrazine groups is 1. The van der Waals surface area contributed by atoms with Crippen LogP contribution in [0.2, 0.25) is 0 Å². The van der Waals surface area contributed by atoms with E-state index in [1.54, 1.807) is 0 Å². The maximum absolute atomic E-state index is 11.9. The van der Waals surface area contributed by atoms with Gasteiger partial charge in [-0.1, -0.05) is 48.5 Å². The number of hydrogen-bond acceptors (Lipinski definition) is 4. The minimum atomic E-state index is -0.404. The van der Waals surface area contributed by atoms with E-state index in [1.165, 1.54) is 0 Å². The van der Waals surface area contributed by atoms with Crippen LogP contribution in [0, 0.1) is 13.8 Å². The van der Waals surface area contributed by atoms with Gasteiger partial charge in [0.25, 0.3) is 5.91 Å². The molecule has 142 valence electrons. The monoisotopic (exact) mass is 385 g/mol. The highest BCUT2D eigenvalue weighted by atomic mass is 32.1. The summed E-state index contributed by atoms with van der Waals surface area (Å²) in [7, 11) is 0. The lowest BCUT2D eigenvalue weighted by molar-refractivity contribution is -0.124. The zero-order valence-electron chi connectivity index (χ0n) is 15.4. The van der Waals surface area contributed by atoms with E-state index >= 15 is 0 Å². The van der Waals surface area contributed by atoms with Crippen LogP contribution in [0.3, 0.4) is 0 Å². The highest BCUT2D eigenvalue weighted by Gasteiger charge is 2.09. The van der Waals surface area contributed by atoms with Gasteiger partial charge in [-0.3, -0.25) is 20.4 Å². The molecule has 2 rings (SSSR count). The Morgan fingerprint density at radius 1 is 0.926 bits per heavy atom. The van der Waals surface area contributed by atoms with Crippen LogP contribution in [0.15, 0.2) is 48.5 Å². The van der Waals surface area contributed by atoms with E-state index < -0.39 is 5.91 Å². The Hall–Kier alpha value is -2.93. The summed E-state index contributed by atoms with van der Waals surface area (Å²) in [5.74, 6) is 0.0559. The van der Waals surface area contributed by atoms with E-state index in [1.807, 2.05) is 62.4 Å². The molecule has 0 aromatic heterocycles. The minimum absolute atomic E-state index is 0.0356. The molecular weight excluding hydrogens is 362 g/mol. The van der Waals surface area contributed by atoms with E-state index in [2.05, 4.69) is 16.2 Å². The number of carbonyl (C=O) groups excluding carboxylic acids is 2. The van der Waals surface area contributed by atoms with E-state index in [4.69, 9.17) is 17.0 Å². The van der Waals surface area contributed by atoms with Gasteiger partial charge in [0.15, 0.2) is 11.7 Å². The summed E-state index contributed by atoms with van der Waals surface area (Å²) >= 11 is 5.00. The first kappa shape index (κ1) is 20.4. The molecule has 0 bridgehead atoms. The number of carbonyl (C=O) groups is 2. The van der Waals surface area contributed by atoms with Crippen molar-refractivity contribution in [2.75, 3.05) is 6.61 Å². The number of benzene rings is 2. The van der Waals surface area contributed by atoms with Crippen LogP contribution in [-0.2, 0) is 16.0 Å². The Morgan fingerprint density at radius 2 is 1.59 bits per heavy atom. The van der Waals surface area contributed by atoms with Gasteiger partial charge >= 0.3 is 0 Å². The molecule has 3 N–H and O–H groups in total. The quantitative estimate of drug-likeness (QED) is 0.525. The van der Waals surface area contributed by atoms with Gasteiger partial charge in [0.1, 0.15) is 5.75 Å². The standard InChI is InChI=1S/C20H23N3O3S/c1-14-7-6-8-15(2)19(14)26-13-18(25)22-23-20(27)21-17(24)12-11-16-9-4-3-5-10-16/h3-10H,11-13H2,1-2H3,(H,22,25)(H2,21,23,24,27). The fourth-order valence-corrected chi connectivity index (χ4v) is 2.61. The molecular formula is C20H23N3O3S. The molecule has 2 aromatic rings. The Labute approximate surface area is 164 Å². The molecule has 0 atom stereocenters. The third-order valence-electron chi connectivity index (χ3n) is 3.81. The maximum Gasteiger partial charge on any atom is 0.276 e. The summed E-state index contributed by atoms with van der Waals surface area (Å²) in [6.45, 7) is 3.67. The zero-order valence-corrected chi connectivity index (χ0v) is 16.2. The first-order chi connectivity index (χ1) is 13.0. The van der Waals surface area contributed by atoms with Gasteiger partial charge in [-0.05, 0) is 49.2 Å². The fraction of sp³-hybridized carbons (Fsp3) is 0.250. The lowest BCUT2D eigenvalue weighted by atomic mass is 10.1. The van der Waals surface area contributed by atoms with Crippen LogP contribution in [0.1, 0.15) is 23.1 Å². The summed E-state index contributed by atoms with van der Waals surface area (Å²) < 4.78 is 5.55. The van der Waals surface area contributed by atoms with E-state index in [0.717, 1.165) is 16.7 Å². The lowest BCUT2D eigenvalue weighted by Crippen LogP contribution is -2.49. The summed E-state index contributed by atoms with van der Waals surface area (Å²) in [4.78, 5) is 23.8. The smallest absolute Gasteiger partial charge is 0.276 e. The molecule has 2 aromatic carbocycles. The van der Waals surface area contributed by atoms with Crippen LogP contribution in [0.4, 0.5) is 0 Å². The number of ether oxygens (including phenoxy) is 1. The Kier molecular flexibility index (Phi) is 7.76. The molecule has 0 radical (unpaired) electrons. The summed E-state index contributed by atoms with van der Waals surface area (Å²) in [5, 5.41) is 2.56. The molecule has 2 amide bonds. The molecule has 6 nitrogen and oxygen atoms in total. The molecule has 0 fully saturated rings. The van der Waals surface area contributed by atoms with Crippen LogP contribution in [-0.4, -0.2) is 23.5 Å². The number of hydrogen-bond donors (Lipinski definition) is 3. The maximum atomic E-state index is 11.9. The van der Waals surface area contributed by atoms with Gasteiger partial charge in [-0.25, -0.2) is 0 Å². The van der Waals surface area contributed by atoms with Crippen molar-refractivity contribution in [1.29, 1.82) is 0 Å². The first-order valence-corrected chi connectivity index (χ1v) is 8.98. The van der Waals surface area contributed by atoms with Crippen LogP contribution >= 0.6 is 12.2 Å². The number of aryl methyl sites for hydroxylation is 3. The predicted octanol–water partition coefficient (Wildman–Crippen LogP) is 2.34. The van der Waals surface area contributed by atoms with Crippen LogP contribution in [0.25, 0.3) is 0 Å². The molecule has 0 saturated heterocycles. The zero-order chi connectivity index (χ0) is 19.6. The molecule has 27 heavy (non-hydrogen) atoms. The van der Waals surface area contributed by atoms with Gasteiger partial charge in [-0.2, -0.15) is 0 Å². The molecule has 0 aliphatic heterocycles. The van der Waals surface area contributed by atoms with Crippen molar-refractivity contribution in [1.82, 2.24) is 16.2 Å². The highest BCUT2D eigenvalue weighted by Crippen LogP contribution is 2.21. The van der Waals surface area contributed by atoms with Crippen molar-refractivity contribution in [2.24, 2.45) is 0 Å². The van der Waals surface area contributed by atoms with Crippen LogP contribution in [0.5, 0.6) is 5.75 Å². The van der Waals surface area contributed by atoms with Crippen molar-refractivity contribution in [3.8, 4) is 5.75 Å². The molecule has 7 heteroatoms. The topological polar surface area (TPSA) is 79.5 Å². The van der Waals surface area contributed by atoms with Gasteiger partial charge < -0.3 is 10.1 Å². The van der Waals surface area contributed by atoms with E-state index in [0.29, 0.717) is 18.6 Å². The number of nitrogens with one attached hydrogen (secondary N) is 3. The molecule has 0 aliphatic carbocycles. The Balaban J connectivity index is 1.67. The van der Waals surface area contributed by atoms with Gasteiger partial charge in [-0.15, -0.1) is 0 Å². The van der Waals surface area contributed by atoms with Crippen molar-refractivity contribution in [2.45, 2.75) is 26.7 Å². The first-order valence-electron chi connectivity index (χ1n) is 8.57. The van der Waals surface area contributed by atoms with Crippen LogP contribution < -0.4 is 20.9 Å². The second kappa shape index (κ2) is 10.3. The third-order valence-corrected chi connectivity index (χ3v) is 4.01. The second-order valence-corrected chi connectivity index (χ2v) is 6.45. The summed E-state index contributed by atoms with van der Waals surface area (Å²) in [5.41, 5.74) is 7.88. The normalized spacial score (nSPS) is 10.0. The SMILES string of the molecule is Cc1cccc(C)c1OCC(=O)NNC(=S)NC(=O)CCc1ccccc1. The fourth-order valence-electron chi connectivity index (χ4n) is 2.45. The Morgan fingerprint density at radius 3 is 2.26 bits per heavy atom. The van der Waals surface area contributed by atoms with Gasteiger partial charge in [0, 0.05) is 6.42 Å². The lowest BCUT2D eigenvalue weighted by Gasteiger charge is -2.13. The number of amides is 2. The average Bonchev–Trinajstić information content (AvgIpc) is 2.65. The van der Waals surface area contributed by atoms with E-state index in [9.17, 15) is 9.59 Å². The number of rotatable bonds is 6. The van der Waals surface area contributed by atoms with Gasteiger partial charge in [0.2, 0.25) is 5.91 Å². The number of para-hydroxylation sites is 1. The average molecular weight is 385 g/mol. The molecule has 0 saturated carbocycles. The molecule has 0 heterocycles.